The van der Waals surface area contributed by atoms with Crippen LogP contribution in [-0.4, -0.2) is 25.0 Å². The van der Waals surface area contributed by atoms with Crippen molar-refractivity contribution in [2.24, 2.45) is 11.3 Å². The Morgan fingerprint density at radius 2 is 1.68 bits per heavy atom. The minimum Gasteiger partial charge on any atom is -0.490 e. The van der Waals surface area contributed by atoms with Crippen molar-refractivity contribution < 1.29 is 14.3 Å². The topological polar surface area (TPSA) is 58.6 Å². The molecule has 0 aliphatic carbocycles. The van der Waals surface area contributed by atoms with E-state index in [2.05, 4.69) is 19.2 Å². The molecule has 0 radical (unpaired) electrons. The summed E-state index contributed by atoms with van der Waals surface area (Å²) in [6, 6.07) is 23.1. The fraction of sp³-hybridized carbons (Fsp3) is 0.310. The maximum Gasteiger partial charge on any atom is 0.255 e. The number of hydrogen-bond donors (Lipinski definition) is 1. The molecular formula is C29H32N2O3. The van der Waals surface area contributed by atoms with Crippen LogP contribution in [0.25, 0.3) is 11.1 Å². The van der Waals surface area contributed by atoms with Crippen molar-refractivity contribution in [1.29, 1.82) is 0 Å². The van der Waals surface area contributed by atoms with Crippen molar-refractivity contribution in [2.75, 3.05) is 23.4 Å². The standard InChI is InChI=1S/C29H32N2O3/c1-20(2)16-17-31-25-15-14-24(18-26(25)34-19-29(3,4)28(31)33)30-27(32)23-12-10-22(11-13-23)21-8-6-5-7-9-21/h5-15,18,20H,16-17,19H2,1-4H3,(H,30,32). The van der Waals surface area contributed by atoms with Gasteiger partial charge in [0, 0.05) is 23.9 Å². The lowest BCUT2D eigenvalue weighted by Gasteiger charge is -2.28. The summed E-state index contributed by atoms with van der Waals surface area (Å²) in [5, 5.41) is 2.96. The molecule has 0 aromatic heterocycles. The van der Waals surface area contributed by atoms with Gasteiger partial charge in [-0.3, -0.25) is 9.59 Å². The van der Waals surface area contributed by atoms with Crippen LogP contribution >= 0.6 is 0 Å². The minimum absolute atomic E-state index is 0.0576. The Labute approximate surface area is 201 Å². The van der Waals surface area contributed by atoms with E-state index >= 15 is 0 Å². The van der Waals surface area contributed by atoms with Gasteiger partial charge < -0.3 is 15.0 Å². The van der Waals surface area contributed by atoms with Gasteiger partial charge in [0.15, 0.2) is 0 Å². The zero-order valence-corrected chi connectivity index (χ0v) is 20.3. The van der Waals surface area contributed by atoms with Crippen molar-refractivity contribution in [2.45, 2.75) is 34.1 Å². The fourth-order valence-electron chi connectivity index (χ4n) is 3.98. The highest BCUT2D eigenvalue weighted by Gasteiger charge is 2.37. The first kappa shape index (κ1) is 23.6. The average molecular weight is 457 g/mol. The SMILES string of the molecule is CC(C)CCN1C(=O)C(C)(C)COc2cc(NC(=O)c3ccc(-c4ccccc4)cc3)ccc21. The molecule has 3 aromatic carbocycles. The van der Waals surface area contributed by atoms with E-state index in [-0.39, 0.29) is 18.4 Å². The highest BCUT2D eigenvalue weighted by Crippen LogP contribution is 2.38. The Kier molecular flexibility index (Phi) is 6.73. The number of nitrogens with zero attached hydrogens (tertiary/aromatic N) is 1. The molecule has 0 saturated carbocycles. The van der Waals surface area contributed by atoms with Crippen molar-refractivity contribution in [1.82, 2.24) is 0 Å². The van der Waals surface area contributed by atoms with Gasteiger partial charge in [-0.1, -0.05) is 56.3 Å². The van der Waals surface area contributed by atoms with Crippen LogP contribution in [0.1, 0.15) is 44.5 Å². The number of fused-ring (bicyclic) bond motifs is 1. The zero-order valence-electron chi connectivity index (χ0n) is 20.3. The number of carbonyl (C=O) groups is 2. The Hall–Kier alpha value is -3.60. The predicted octanol–water partition coefficient (Wildman–Crippen LogP) is 6.40. The van der Waals surface area contributed by atoms with E-state index in [0.717, 1.165) is 23.2 Å². The molecule has 0 spiro atoms. The summed E-state index contributed by atoms with van der Waals surface area (Å²) in [4.78, 5) is 27.9. The predicted molar refractivity (Wildman–Crippen MR) is 137 cm³/mol. The first-order chi connectivity index (χ1) is 16.2. The van der Waals surface area contributed by atoms with Crippen LogP contribution in [-0.2, 0) is 4.79 Å². The molecule has 0 fully saturated rings. The third-order valence-corrected chi connectivity index (χ3v) is 6.11. The summed E-state index contributed by atoms with van der Waals surface area (Å²) in [6.45, 7) is 9.04. The van der Waals surface area contributed by atoms with E-state index in [0.29, 0.717) is 29.5 Å². The van der Waals surface area contributed by atoms with E-state index in [9.17, 15) is 9.59 Å². The van der Waals surface area contributed by atoms with Crippen molar-refractivity contribution in [3.63, 3.8) is 0 Å². The number of ether oxygens (including phenoxy) is 1. The smallest absolute Gasteiger partial charge is 0.255 e. The second kappa shape index (κ2) is 9.72. The lowest BCUT2D eigenvalue weighted by molar-refractivity contribution is -0.127. The van der Waals surface area contributed by atoms with Crippen LogP contribution in [0.4, 0.5) is 11.4 Å². The molecule has 0 saturated heterocycles. The van der Waals surface area contributed by atoms with Crippen molar-refractivity contribution >= 4 is 23.2 Å². The Morgan fingerprint density at radius 3 is 2.35 bits per heavy atom. The minimum atomic E-state index is -0.625. The summed E-state index contributed by atoms with van der Waals surface area (Å²) in [6.07, 6.45) is 0.902. The molecule has 5 nitrogen and oxygen atoms in total. The second-order valence-corrected chi connectivity index (χ2v) is 9.89. The summed E-state index contributed by atoms with van der Waals surface area (Å²) in [7, 11) is 0. The van der Waals surface area contributed by atoms with Crippen LogP contribution in [0.5, 0.6) is 5.75 Å². The molecule has 176 valence electrons. The Morgan fingerprint density at radius 1 is 1.00 bits per heavy atom. The summed E-state index contributed by atoms with van der Waals surface area (Å²) >= 11 is 0. The number of amides is 2. The Bertz CT molecular complexity index is 1170. The summed E-state index contributed by atoms with van der Waals surface area (Å²) in [5.41, 5.74) is 3.50. The third-order valence-electron chi connectivity index (χ3n) is 6.11. The molecule has 2 amide bonds. The lowest BCUT2D eigenvalue weighted by atomic mass is 9.92. The van der Waals surface area contributed by atoms with Crippen molar-refractivity contribution in [3.8, 4) is 16.9 Å². The highest BCUT2D eigenvalue weighted by molar-refractivity contribution is 6.05. The largest absolute Gasteiger partial charge is 0.490 e. The van der Waals surface area contributed by atoms with Gasteiger partial charge in [0.2, 0.25) is 5.91 Å². The molecule has 1 aliphatic heterocycles. The van der Waals surface area contributed by atoms with Crippen LogP contribution in [0.15, 0.2) is 72.8 Å². The highest BCUT2D eigenvalue weighted by atomic mass is 16.5. The van der Waals surface area contributed by atoms with E-state index in [1.165, 1.54) is 0 Å². The van der Waals surface area contributed by atoms with Gasteiger partial charge in [-0.2, -0.15) is 0 Å². The molecule has 0 unspecified atom stereocenters. The molecule has 34 heavy (non-hydrogen) atoms. The van der Waals surface area contributed by atoms with Gasteiger partial charge in [-0.05, 0) is 61.6 Å². The Balaban J connectivity index is 1.53. The molecule has 1 aliphatic rings. The van der Waals surface area contributed by atoms with Crippen LogP contribution in [0.2, 0.25) is 0 Å². The number of rotatable bonds is 6. The fourth-order valence-corrected chi connectivity index (χ4v) is 3.98. The lowest BCUT2D eigenvalue weighted by Crippen LogP contribution is -2.42. The first-order valence-corrected chi connectivity index (χ1v) is 11.8. The number of carbonyl (C=O) groups excluding carboxylic acids is 2. The quantitative estimate of drug-likeness (QED) is 0.467. The van der Waals surface area contributed by atoms with Gasteiger partial charge in [0.1, 0.15) is 12.4 Å². The van der Waals surface area contributed by atoms with E-state index in [1.54, 1.807) is 0 Å². The number of hydrogen-bond acceptors (Lipinski definition) is 3. The molecular weight excluding hydrogens is 424 g/mol. The molecule has 1 heterocycles. The van der Waals surface area contributed by atoms with E-state index < -0.39 is 5.41 Å². The molecule has 0 atom stereocenters. The van der Waals surface area contributed by atoms with Crippen LogP contribution < -0.4 is 15.0 Å². The maximum atomic E-state index is 13.2. The molecule has 0 bridgehead atoms. The van der Waals surface area contributed by atoms with Crippen LogP contribution in [0, 0.1) is 11.3 Å². The van der Waals surface area contributed by atoms with Crippen LogP contribution in [0.3, 0.4) is 0 Å². The number of anilines is 2. The zero-order chi connectivity index (χ0) is 24.3. The monoisotopic (exact) mass is 456 g/mol. The van der Waals surface area contributed by atoms with Crippen molar-refractivity contribution in [3.05, 3.63) is 78.4 Å². The molecule has 3 aromatic rings. The van der Waals surface area contributed by atoms with E-state index in [1.807, 2.05) is 91.5 Å². The van der Waals surface area contributed by atoms with Gasteiger partial charge in [-0.25, -0.2) is 0 Å². The van der Waals surface area contributed by atoms with Gasteiger partial charge in [0.05, 0.1) is 11.1 Å². The normalized spacial score (nSPS) is 14.9. The molecule has 4 rings (SSSR count). The van der Waals surface area contributed by atoms with Gasteiger partial charge >= 0.3 is 0 Å². The maximum absolute atomic E-state index is 13.2. The summed E-state index contributed by atoms with van der Waals surface area (Å²) < 4.78 is 6.05. The summed E-state index contributed by atoms with van der Waals surface area (Å²) in [5.74, 6) is 0.957. The third kappa shape index (κ3) is 5.14. The molecule has 1 N–H and O–H groups in total. The average Bonchev–Trinajstić information content (AvgIpc) is 2.92. The number of benzene rings is 3. The van der Waals surface area contributed by atoms with Gasteiger partial charge in [0.25, 0.3) is 5.91 Å². The van der Waals surface area contributed by atoms with Gasteiger partial charge in [-0.15, -0.1) is 0 Å². The first-order valence-electron chi connectivity index (χ1n) is 11.8. The number of nitrogens with one attached hydrogen (secondary N) is 1. The molecule has 5 heteroatoms. The second-order valence-electron chi connectivity index (χ2n) is 9.89. The van der Waals surface area contributed by atoms with E-state index in [4.69, 9.17) is 4.74 Å².